The predicted molar refractivity (Wildman–Crippen MR) is 200 cm³/mol. The number of para-hydroxylation sites is 1. The number of hydrogen-bond acceptors (Lipinski definition) is 8. The molecular weight excluding hydrogens is 668 g/mol. The van der Waals surface area contributed by atoms with Gasteiger partial charge in [0, 0.05) is 66.8 Å². The number of carbonyl (C=O) groups is 3. The second-order valence-electron chi connectivity index (χ2n) is 14.3. The van der Waals surface area contributed by atoms with Gasteiger partial charge in [0.15, 0.2) is 0 Å². The Bertz CT molecular complexity index is 1860. The average molecular weight is 715 g/mol. The highest BCUT2D eigenvalue weighted by Gasteiger charge is 2.30. The van der Waals surface area contributed by atoms with Crippen LogP contribution in [0, 0.1) is 0 Å². The number of rotatable bonds is 5. The maximum Gasteiger partial charge on any atom is 0.410 e. The Hall–Kier alpha value is -4.68. The summed E-state index contributed by atoms with van der Waals surface area (Å²) in [7, 11) is 2.15. The number of carbonyl (C=O) groups excluding carboxylic acids is 3. The number of nitrogens with zero attached hydrogens (tertiary/aromatic N) is 7. The van der Waals surface area contributed by atoms with Crippen LogP contribution in [0.2, 0.25) is 5.02 Å². The summed E-state index contributed by atoms with van der Waals surface area (Å²) in [5.41, 5.74) is 4.09. The smallest absolute Gasteiger partial charge is 0.410 e. The number of anilines is 2. The fourth-order valence-electron chi connectivity index (χ4n) is 6.92. The topological polar surface area (TPSA) is 116 Å². The highest BCUT2D eigenvalue weighted by atomic mass is 35.5. The number of aldehydes is 1. The predicted octanol–water partition coefficient (Wildman–Crippen LogP) is 6.18. The Morgan fingerprint density at radius 3 is 2.37 bits per heavy atom. The summed E-state index contributed by atoms with van der Waals surface area (Å²) in [6, 6.07) is 16.2. The van der Waals surface area contributed by atoms with E-state index in [2.05, 4.69) is 38.2 Å². The third-order valence-corrected chi connectivity index (χ3v) is 9.90. The molecule has 3 aliphatic heterocycles. The Balaban J connectivity index is 0.000000200. The van der Waals surface area contributed by atoms with Gasteiger partial charge < -0.3 is 39.0 Å². The van der Waals surface area contributed by atoms with Crippen LogP contribution in [0.3, 0.4) is 0 Å². The summed E-state index contributed by atoms with van der Waals surface area (Å²) >= 11 is 6.50. The molecule has 2 fully saturated rings. The number of halogens is 1. The summed E-state index contributed by atoms with van der Waals surface area (Å²) in [5.74, 6) is 0.762. The number of nitrogens with one attached hydrogen (secondary N) is 1. The molecule has 5 heterocycles. The lowest BCUT2D eigenvalue weighted by Crippen LogP contribution is -2.50. The van der Waals surface area contributed by atoms with Crippen molar-refractivity contribution in [3.05, 3.63) is 71.6 Å². The lowest BCUT2D eigenvalue weighted by Gasteiger charge is -2.36. The first-order valence-corrected chi connectivity index (χ1v) is 18.0. The molecule has 0 bridgehead atoms. The molecule has 0 saturated carbocycles. The lowest BCUT2D eigenvalue weighted by atomic mass is 10.0. The molecule has 1 N–H and O–H groups in total. The SMILES string of the molecule is CC(C)(C)OC(=O)N1CCN(c2ncnc3c2c(-c2ccccc2Cl)cn3CC=O)CC1.CN1CCC(N2CCc3ccccc3NC2=O)CC1. The van der Waals surface area contributed by atoms with Crippen LogP contribution in [0.4, 0.5) is 21.1 Å². The molecule has 13 heteroatoms. The number of aromatic nitrogens is 3. The number of likely N-dealkylation sites (tertiary alicyclic amines) is 1. The van der Waals surface area contributed by atoms with Crippen LogP contribution in [0.1, 0.15) is 39.2 Å². The van der Waals surface area contributed by atoms with E-state index in [4.69, 9.17) is 16.3 Å². The number of piperazine rings is 1. The molecule has 270 valence electrons. The number of urea groups is 1. The molecule has 12 nitrogen and oxygen atoms in total. The molecule has 0 radical (unpaired) electrons. The lowest BCUT2D eigenvalue weighted by molar-refractivity contribution is -0.108. The van der Waals surface area contributed by atoms with Crippen molar-refractivity contribution in [1.82, 2.24) is 29.2 Å². The van der Waals surface area contributed by atoms with Gasteiger partial charge in [-0.25, -0.2) is 19.6 Å². The highest BCUT2D eigenvalue weighted by Crippen LogP contribution is 2.38. The van der Waals surface area contributed by atoms with Crippen molar-refractivity contribution in [1.29, 1.82) is 0 Å². The number of benzene rings is 2. The van der Waals surface area contributed by atoms with Crippen LogP contribution < -0.4 is 10.2 Å². The van der Waals surface area contributed by atoms with Gasteiger partial charge in [-0.2, -0.15) is 0 Å². The van der Waals surface area contributed by atoms with Gasteiger partial charge in [0.05, 0.1) is 11.9 Å². The molecule has 2 aromatic heterocycles. The zero-order valence-corrected chi connectivity index (χ0v) is 30.6. The number of amides is 3. The van der Waals surface area contributed by atoms with Crippen molar-refractivity contribution in [2.75, 3.05) is 63.1 Å². The van der Waals surface area contributed by atoms with Gasteiger partial charge in [0.2, 0.25) is 0 Å². The number of piperidine rings is 1. The maximum atomic E-state index is 12.4. The molecule has 0 aliphatic carbocycles. The van der Waals surface area contributed by atoms with Gasteiger partial charge in [0.25, 0.3) is 0 Å². The van der Waals surface area contributed by atoms with Gasteiger partial charge in [-0.1, -0.05) is 48.0 Å². The first-order valence-electron chi connectivity index (χ1n) is 17.6. The van der Waals surface area contributed by atoms with E-state index in [1.807, 2.05) is 78.9 Å². The third kappa shape index (κ3) is 8.45. The zero-order valence-electron chi connectivity index (χ0n) is 29.8. The van der Waals surface area contributed by atoms with Crippen molar-refractivity contribution >= 4 is 52.6 Å². The Morgan fingerprint density at radius 2 is 1.67 bits per heavy atom. The van der Waals surface area contributed by atoms with E-state index in [1.54, 1.807) is 4.90 Å². The third-order valence-electron chi connectivity index (χ3n) is 9.57. The first-order chi connectivity index (χ1) is 24.5. The molecule has 2 aromatic carbocycles. The zero-order chi connectivity index (χ0) is 36.1. The maximum absolute atomic E-state index is 12.4. The minimum atomic E-state index is -0.529. The van der Waals surface area contributed by atoms with Crippen molar-refractivity contribution in [3.63, 3.8) is 0 Å². The Morgan fingerprint density at radius 1 is 0.961 bits per heavy atom. The van der Waals surface area contributed by atoms with E-state index >= 15 is 0 Å². The van der Waals surface area contributed by atoms with E-state index in [0.29, 0.717) is 42.9 Å². The summed E-state index contributed by atoms with van der Waals surface area (Å²) in [5, 5.41) is 4.51. The van der Waals surface area contributed by atoms with Gasteiger partial charge in [-0.3, -0.25) is 0 Å². The first kappa shape index (κ1) is 36.1. The minimum Gasteiger partial charge on any atom is -0.444 e. The molecule has 2 saturated heterocycles. The summed E-state index contributed by atoms with van der Waals surface area (Å²) < 4.78 is 7.31. The summed E-state index contributed by atoms with van der Waals surface area (Å²) in [6.07, 6.45) is 7.06. The molecular formula is C38H47ClN8O4. The molecule has 3 amide bonds. The molecule has 4 aromatic rings. The van der Waals surface area contributed by atoms with Crippen molar-refractivity contribution < 1.29 is 19.1 Å². The fraction of sp³-hybridized carbons (Fsp3) is 0.447. The van der Waals surface area contributed by atoms with E-state index in [9.17, 15) is 14.4 Å². The summed E-state index contributed by atoms with van der Waals surface area (Å²) in [4.78, 5) is 53.3. The average Bonchev–Trinajstić information content (AvgIpc) is 3.38. The Kier molecular flexibility index (Phi) is 11.1. The van der Waals surface area contributed by atoms with Crippen LogP contribution in [0.25, 0.3) is 22.2 Å². The Labute approximate surface area is 304 Å². The molecule has 0 spiro atoms. The molecule has 0 atom stereocenters. The largest absolute Gasteiger partial charge is 0.444 e. The molecule has 7 rings (SSSR count). The normalized spacial score (nSPS) is 17.3. The highest BCUT2D eigenvalue weighted by molar-refractivity contribution is 6.33. The van der Waals surface area contributed by atoms with Gasteiger partial charge in [-0.05, 0) is 77.9 Å². The molecule has 0 unspecified atom stereocenters. The van der Waals surface area contributed by atoms with Crippen LogP contribution >= 0.6 is 11.6 Å². The number of hydrogen-bond donors (Lipinski definition) is 1. The second-order valence-corrected chi connectivity index (χ2v) is 14.7. The molecule has 3 aliphatic rings. The quantitative estimate of drug-likeness (QED) is 0.244. The van der Waals surface area contributed by atoms with Crippen molar-refractivity contribution in [3.8, 4) is 11.1 Å². The van der Waals surface area contributed by atoms with Gasteiger partial charge in [-0.15, -0.1) is 0 Å². The fourth-order valence-corrected chi connectivity index (χ4v) is 7.16. The van der Waals surface area contributed by atoms with E-state index in [-0.39, 0.29) is 18.7 Å². The minimum absolute atomic E-state index is 0.0690. The van der Waals surface area contributed by atoms with E-state index in [1.165, 1.54) is 11.9 Å². The summed E-state index contributed by atoms with van der Waals surface area (Å²) in [6.45, 7) is 11.0. The van der Waals surface area contributed by atoms with Crippen LogP contribution in [0.15, 0.2) is 61.1 Å². The molecule has 51 heavy (non-hydrogen) atoms. The van der Waals surface area contributed by atoms with Crippen molar-refractivity contribution in [2.24, 2.45) is 0 Å². The van der Waals surface area contributed by atoms with Gasteiger partial charge in [0.1, 0.15) is 29.7 Å². The van der Waals surface area contributed by atoms with Crippen LogP contribution in [-0.4, -0.2) is 112 Å². The van der Waals surface area contributed by atoms with Crippen LogP contribution in [-0.2, 0) is 22.5 Å². The van der Waals surface area contributed by atoms with Crippen molar-refractivity contribution in [2.45, 2.75) is 58.2 Å². The van der Waals surface area contributed by atoms with Gasteiger partial charge >= 0.3 is 12.1 Å². The van der Waals surface area contributed by atoms with Crippen LogP contribution in [0.5, 0.6) is 0 Å². The van der Waals surface area contributed by atoms with E-state index < -0.39 is 5.60 Å². The second kappa shape index (κ2) is 15.7. The van der Waals surface area contributed by atoms with E-state index in [0.717, 1.165) is 73.2 Å². The monoisotopic (exact) mass is 714 g/mol. The number of fused-ring (bicyclic) bond motifs is 2. The standard InChI is InChI=1S/C23H26ClN5O3.C15H21N3O/c1-23(2,3)32-22(31)28-10-8-27(9-11-28)20-19-17(16-6-4-5-7-18(16)24)14-29(12-13-30)21(19)26-15-25-20;1-17-9-7-13(8-10-17)18-11-6-12-4-2-3-5-14(12)16-15(18)19/h4-7,13-15H,8-12H2,1-3H3;2-5,13H,6-11H2,1H3,(H,16,19). The number of ether oxygens (including phenoxy) is 1.